The molecule has 7 heteroatoms. The standard InChI is InChI=1S/C25H25NO6/c1-30-20-13-11-19(12-14-20)16-26(15-18-7-4-3-5-8-18)23(27)17-32-24-21(25(28)29)9-6-10-22(24)31-2/h3-14H,15-17H2,1-2H3,(H,28,29). The molecule has 0 saturated carbocycles. The second-order valence-corrected chi connectivity index (χ2v) is 7.01. The van der Waals surface area contributed by atoms with Crippen LogP contribution in [-0.4, -0.2) is 42.7 Å². The van der Waals surface area contributed by atoms with Gasteiger partial charge in [0.05, 0.1) is 14.2 Å². The van der Waals surface area contributed by atoms with Gasteiger partial charge in [0.15, 0.2) is 18.1 Å². The lowest BCUT2D eigenvalue weighted by atomic mass is 10.1. The van der Waals surface area contributed by atoms with Gasteiger partial charge in [-0.2, -0.15) is 0 Å². The SMILES string of the molecule is COc1ccc(CN(Cc2ccccc2)C(=O)COc2c(OC)cccc2C(=O)O)cc1. The molecule has 0 radical (unpaired) electrons. The van der Waals surface area contributed by atoms with Gasteiger partial charge in [0.2, 0.25) is 0 Å². The van der Waals surface area contributed by atoms with Gasteiger partial charge in [-0.25, -0.2) is 4.79 Å². The molecule has 0 aliphatic carbocycles. The number of hydrogen-bond donors (Lipinski definition) is 1. The highest BCUT2D eigenvalue weighted by Crippen LogP contribution is 2.31. The van der Waals surface area contributed by atoms with Crippen molar-refractivity contribution in [2.75, 3.05) is 20.8 Å². The number of carbonyl (C=O) groups is 2. The van der Waals surface area contributed by atoms with E-state index in [0.29, 0.717) is 13.1 Å². The molecule has 0 heterocycles. The fourth-order valence-electron chi connectivity index (χ4n) is 3.21. The van der Waals surface area contributed by atoms with Crippen molar-refractivity contribution in [2.45, 2.75) is 13.1 Å². The number of ether oxygens (including phenoxy) is 3. The van der Waals surface area contributed by atoms with E-state index >= 15 is 0 Å². The zero-order valence-corrected chi connectivity index (χ0v) is 18.0. The second kappa shape index (κ2) is 10.9. The van der Waals surface area contributed by atoms with Crippen molar-refractivity contribution in [3.8, 4) is 17.2 Å². The van der Waals surface area contributed by atoms with E-state index in [1.165, 1.54) is 13.2 Å². The van der Waals surface area contributed by atoms with Crippen LogP contribution in [0, 0.1) is 0 Å². The van der Waals surface area contributed by atoms with Gasteiger partial charge in [-0.1, -0.05) is 48.5 Å². The minimum absolute atomic E-state index is 0.0277. The first-order valence-corrected chi connectivity index (χ1v) is 9.99. The summed E-state index contributed by atoms with van der Waals surface area (Å²) < 4.78 is 16.1. The lowest BCUT2D eigenvalue weighted by molar-refractivity contribution is -0.134. The Morgan fingerprint density at radius 1 is 0.812 bits per heavy atom. The molecule has 3 aromatic rings. The summed E-state index contributed by atoms with van der Waals surface area (Å²) in [6.45, 7) is 0.412. The van der Waals surface area contributed by atoms with Crippen molar-refractivity contribution in [3.63, 3.8) is 0 Å². The summed E-state index contributed by atoms with van der Waals surface area (Å²) in [5.41, 5.74) is 1.83. The van der Waals surface area contributed by atoms with Crippen LogP contribution in [0.3, 0.4) is 0 Å². The first-order valence-electron chi connectivity index (χ1n) is 9.99. The molecule has 1 amide bonds. The highest BCUT2D eigenvalue weighted by Gasteiger charge is 2.20. The number of carboxylic acids is 1. The minimum Gasteiger partial charge on any atom is -0.497 e. The van der Waals surface area contributed by atoms with Crippen LogP contribution in [0.15, 0.2) is 72.8 Å². The summed E-state index contributed by atoms with van der Waals surface area (Å²) in [6, 6.07) is 21.6. The Kier molecular flexibility index (Phi) is 7.70. The predicted octanol–water partition coefficient (Wildman–Crippen LogP) is 4.01. The molecule has 32 heavy (non-hydrogen) atoms. The van der Waals surface area contributed by atoms with E-state index in [2.05, 4.69) is 0 Å². The quantitative estimate of drug-likeness (QED) is 0.518. The average Bonchev–Trinajstić information content (AvgIpc) is 2.82. The molecule has 0 saturated heterocycles. The van der Waals surface area contributed by atoms with Gasteiger partial charge in [-0.3, -0.25) is 4.79 Å². The van der Waals surface area contributed by atoms with Crippen LogP contribution in [-0.2, 0) is 17.9 Å². The number of hydrogen-bond acceptors (Lipinski definition) is 5. The third-order valence-corrected chi connectivity index (χ3v) is 4.87. The molecule has 0 aliphatic heterocycles. The van der Waals surface area contributed by atoms with Crippen molar-refractivity contribution in [3.05, 3.63) is 89.5 Å². The van der Waals surface area contributed by atoms with Gasteiger partial charge in [-0.15, -0.1) is 0 Å². The van der Waals surface area contributed by atoms with E-state index in [1.807, 2.05) is 54.6 Å². The van der Waals surface area contributed by atoms with Gasteiger partial charge in [0, 0.05) is 13.1 Å². The Labute approximate surface area is 186 Å². The van der Waals surface area contributed by atoms with Crippen LogP contribution in [0.1, 0.15) is 21.5 Å². The van der Waals surface area contributed by atoms with Crippen molar-refractivity contribution >= 4 is 11.9 Å². The zero-order valence-electron chi connectivity index (χ0n) is 18.0. The number of amides is 1. The molecule has 0 bridgehead atoms. The Balaban J connectivity index is 1.80. The summed E-state index contributed by atoms with van der Waals surface area (Å²) in [4.78, 5) is 26.3. The maximum Gasteiger partial charge on any atom is 0.339 e. The largest absolute Gasteiger partial charge is 0.497 e. The van der Waals surface area contributed by atoms with Crippen LogP contribution >= 0.6 is 0 Å². The van der Waals surface area contributed by atoms with Crippen LogP contribution < -0.4 is 14.2 Å². The maximum atomic E-state index is 13.1. The Bertz CT molecular complexity index is 1050. The second-order valence-electron chi connectivity index (χ2n) is 7.01. The number of methoxy groups -OCH3 is 2. The normalized spacial score (nSPS) is 10.3. The lowest BCUT2D eigenvalue weighted by Gasteiger charge is -2.24. The molecular formula is C25H25NO6. The molecule has 166 valence electrons. The molecule has 7 nitrogen and oxygen atoms in total. The first kappa shape index (κ1) is 22.7. The molecular weight excluding hydrogens is 410 g/mol. The molecule has 0 aliphatic rings. The van der Waals surface area contributed by atoms with Crippen LogP contribution in [0.4, 0.5) is 0 Å². The van der Waals surface area contributed by atoms with Crippen molar-refractivity contribution < 1.29 is 28.9 Å². The summed E-state index contributed by atoms with van der Waals surface area (Å²) in [5, 5.41) is 9.45. The molecule has 0 aromatic heterocycles. The number of benzene rings is 3. The molecule has 3 aromatic carbocycles. The summed E-state index contributed by atoms with van der Waals surface area (Å²) in [7, 11) is 3.02. The maximum absolute atomic E-state index is 13.1. The Morgan fingerprint density at radius 3 is 2.06 bits per heavy atom. The topological polar surface area (TPSA) is 85.3 Å². The summed E-state index contributed by atoms with van der Waals surface area (Å²) in [5.74, 6) is -0.435. The fraction of sp³-hybridized carbons (Fsp3) is 0.200. The molecule has 0 spiro atoms. The van der Waals surface area contributed by atoms with E-state index in [0.717, 1.165) is 16.9 Å². The monoisotopic (exact) mass is 435 g/mol. The number of para-hydroxylation sites is 1. The van der Waals surface area contributed by atoms with E-state index in [9.17, 15) is 14.7 Å². The number of rotatable bonds is 10. The smallest absolute Gasteiger partial charge is 0.339 e. The predicted molar refractivity (Wildman–Crippen MR) is 119 cm³/mol. The number of carboxylic acid groups (broad SMARTS) is 1. The molecule has 3 rings (SSSR count). The number of aromatic carboxylic acids is 1. The van der Waals surface area contributed by atoms with Gasteiger partial charge >= 0.3 is 5.97 Å². The van der Waals surface area contributed by atoms with E-state index in [1.54, 1.807) is 24.1 Å². The number of nitrogens with zero attached hydrogens (tertiary/aromatic N) is 1. The minimum atomic E-state index is -1.16. The third-order valence-electron chi connectivity index (χ3n) is 4.87. The van der Waals surface area contributed by atoms with Crippen LogP contribution in [0.2, 0.25) is 0 Å². The van der Waals surface area contributed by atoms with E-state index < -0.39 is 5.97 Å². The Hall–Kier alpha value is -4.00. The van der Waals surface area contributed by atoms with Crippen molar-refractivity contribution in [1.29, 1.82) is 0 Å². The van der Waals surface area contributed by atoms with Crippen molar-refractivity contribution in [1.82, 2.24) is 4.90 Å². The van der Waals surface area contributed by atoms with Crippen LogP contribution in [0.25, 0.3) is 0 Å². The average molecular weight is 435 g/mol. The van der Waals surface area contributed by atoms with Gasteiger partial charge in [0.25, 0.3) is 5.91 Å². The molecule has 0 atom stereocenters. The highest BCUT2D eigenvalue weighted by atomic mass is 16.5. The molecule has 0 fully saturated rings. The first-order chi connectivity index (χ1) is 15.5. The summed E-state index contributed by atoms with van der Waals surface area (Å²) in [6.07, 6.45) is 0. The Morgan fingerprint density at radius 2 is 1.47 bits per heavy atom. The fourth-order valence-corrected chi connectivity index (χ4v) is 3.21. The van der Waals surface area contributed by atoms with E-state index in [4.69, 9.17) is 14.2 Å². The summed E-state index contributed by atoms with van der Waals surface area (Å²) >= 11 is 0. The zero-order chi connectivity index (χ0) is 22.9. The third kappa shape index (κ3) is 5.78. The molecule has 0 unspecified atom stereocenters. The van der Waals surface area contributed by atoms with Crippen molar-refractivity contribution in [2.24, 2.45) is 0 Å². The lowest BCUT2D eigenvalue weighted by Crippen LogP contribution is -2.34. The number of carbonyl (C=O) groups excluding carboxylic acids is 1. The highest BCUT2D eigenvalue weighted by molar-refractivity contribution is 5.92. The van der Waals surface area contributed by atoms with Gasteiger partial charge in [0.1, 0.15) is 11.3 Å². The van der Waals surface area contributed by atoms with Crippen LogP contribution in [0.5, 0.6) is 17.2 Å². The van der Waals surface area contributed by atoms with Gasteiger partial charge < -0.3 is 24.2 Å². The molecule has 1 N–H and O–H groups in total. The van der Waals surface area contributed by atoms with Gasteiger partial charge in [-0.05, 0) is 35.4 Å². The van der Waals surface area contributed by atoms with E-state index in [-0.39, 0.29) is 29.6 Å².